The molecule has 0 aliphatic heterocycles. The molecule has 4 rings (SSSR count). The molecule has 4 aromatic rings. The number of pyridine rings is 1. The van der Waals surface area contributed by atoms with E-state index in [0.717, 1.165) is 35.4 Å². The van der Waals surface area contributed by atoms with Crippen LogP contribution in [0.15, 0.2) is 35.1 Å². The Morgan fingerprint density at radius 2 is 1.86 bits per heavy atom. The number of fused-ring (bicyclic) bond motifs is 2. The minimum Gasteiger partial charge on any atom is -0.506 e. The number of rotatable bonds is 8. The lowest BCUT2D eigenvalue weighted by Crippen LogP contribution is -2.24. The Morgan fingerprint density at radius 1 is 1.04 bits per heavy atom. The van der Waals surface area contributed by atoms with Gasteiger partial charge in [-0.15, -0.1) is 0 Å². The van der Waals surface area contributed by atoms with Crippen molar-refractivity contribution in [3.05, 3.63) is 46.2 Å². The van der Waals surface area contributed by atoms with Gasteiger partial charge in [0.2, 0.25) is 0 Å². The summed E-state index contributed by atoms with van der Waals surface area (Å²) < 4.78 is 1.77. The predicted molar refractivity (Wildman–Crippen MR) is 112 cm³/mol. The quantitative estimate of drug-likeness (QED) is 0.223. The molecule has 2 heterocycles. The first-order chi connectivity index (χ1) is 13.7. The maximum Gasteiger partial charge on any atom is 0.191 e. The molecule has 0 unspecified atom stereocenters. The highest BCUT2D eigenvalue weighted by molar-refractivity contribution is 6.13. The van der Waals surface area contributed by atoms with Crippen molar-refractivity contribution < 1.29 is 5.11 Å². The molecule has 0 saturated heterocycles. The Bertz CT molecular complexity index is 1190. The SMILES string of the molecule is NCCNCCc1nn2c3cccc(=O)c3c(O)c3c(NCCN)ccc1c32. The molecule has 0 fully saturated rings. The number of aromatic hydroxyl groups is 1. The van der Waals surface area contributed by atoms with E-state index in [-0.39, 0.29) is 16.6 Å². The van der Waals surface area contributed by atoms with Crippen molar-refractivity contribution in [3.63, 3.8) is 0 Å². The van der Waals surface area contributed by atoms with Crippen molar-refractivity contribution in [1.29, 1.82) is 0 Å². The van der Waals surface area contributed by atoms with E-state index in [1.807, 2.05) is 12.1 Å². The van der Waals surface area contributed by atoms with E-state index in [4.69, 9.17) is 16.6 Å². The lowest BCUT2D eigenvalue weighted by atomic mass is 10.0. The summed E-state index contributed by atoms with van der Waals surface area (Å²) in [4.78, 5) is 12.5. The molecule has 0 spiro atoms. The Labute approximate surface area is 161 Å². The molecular weight excluding hydrogens is 356 g/mol. The fourth-order valence-corrected chi connectivity index (χ4v) is 3.71. The standard InChI is InChI=1S/C20H24N6O2/c21-7-10-23-9-6-13-12-4-5-14(24-11-8-22)17-19(12)26(25-13)15-2-1-3-16(27)18(15)20(17)28/h1-5,23-24,28H,6-11,21-22H2. The topological polar surface area (TPSA) is 131 Å². The fraction of sp³-hybridized carbons (Fsp3) is 0.300. The first-order valence-electron chi connectivity index (χ1n) is 9.43. The van der Waals surface area contributed by atoms with Crippen LogP contribution in [0.5, 0.6) is 5.75 Å². The molecule has 8 nitrogen and oxygen atoms in total. The third-order valence-corrected chi connectivity index (χ3v) is 4.95. The van der Waals surface area contributed by atoms with E-state index < -0.39 is 0 Å². The summed E-state index contributed by atoms with van der Waals surface area (Å²) in [5.41, 5.74) is 14.0. The van der Waals surface area contributed by atoms with Crippen LogP contribution in [-0.4, -0.2) is 47.4 Å². The van der Waals surface area contributed by atoms with Gasteiger partial charge in [-0.3, -0.25) is 4.79 Å². The van der Waals surface area contributed by atoms with Gasteiger partial charge in [0, 0.05) is 50.2 Å². The van der Waals surface area contributed by atoms with E-state index in [0.29, 0.717) is 37.0 Å². The monoisotopic (exact) mass is 380 g/mol. The molecule has 0 radical (unpaired) electrons. The van der Waals surface area contributed by atoms with Crippen LogP contribution in [0.1, 0.15) is 5.69 Å². The van der Waals surface area contributed by atoms with Crippen LogP contribution in [0.2, 0.25) is 0 Å². The maximum absolute atomic E-state index is 12.5. The number of hydrogen-bond donors (Lipinski definition) is 5. The molecule has 146 valence electrons. The highest BCUT2D eigenvalue weighted by atomic mass is 16.3. The summed E-state index contributed by atoms with van der Waals surface area (Å²) in [7, 11) is 0. The van der Waals surface area contributed by atoms with Crippen LogP contribution in [0.4, 0.5) is 5.69 Å². The van der Waals surface area contributed by atoms with Gasteiger partial charge in [-0.25, -0.2) is 4.52 Å². The number of nitrogens with zero attached hydrogens (tertiary/aromatic N) is 2. The fourth-order valence-electron chi connectivity index (χ4n) is 3.71. The average molecular weight is 380 g/mol. The van der Waals surface area contributed by atoms with Gasteiger partial charge in [-0.05, 0) is 24.3 Å². The van der Waals surface area contributed by atoms with E-state index in [1.165, 1.54) is 6.07 Å². The van der Waals surface area contributed by atoms with E-state index in [1.54, 1.807) is 16.6 Å². The molecular formula is C20H24N6O2. The van der Waals surface area contributed by atoms with Gasteiger partial charge in [0.15, 0.2) is 5.43 Å². The average Bonchev–Trinajstić information content (AvgIpc) is 3.07. The molecule has 7 N–H and O–H groups in total. The summed E-state index contributed by atoms with van der Waals surface area (Å²) in [6, 6.07) is 8.85. The molecule has 0 aliphatic rings. The second kappa shape index (κ2) is 7.59. The lowest BCUT2D eigenvalue weighted by molar-refractivity contribution is 0.487. The number of nitrogens with one attached hydrogen (secondary N) is 2. The van der Waals surface area contributed by atoms with E-state index >= 15 is 0 Å². The Hall–Kier alpha value is -2.94. The summed E-state index contributed by atoms with van der Waals surface area (Å²) in [6.07, 6.45) is 0.714. The Morgan fingerprint density at radius 3 is 2.64 bits per heavy atom. The zero-order chi connectivity index (χ0) is 19.7. The largest absolute Gasteiger partial charge is 0.506 e. The van der Waals surface area contributed by atoms with Gasteiger partial charge < -0.3 is 27.2 Å². The summed E-state index contributed by atoms with van der Waals surface area (Å²) in [5, 5.41) is 24.1. The molecule has 0 amide bonds. The van der Waals surface area contributed by atoms with Gasteiger partial charge in [0.25, 0.3) is 0 Å². The van der Waals surface area contributed by atoms with Crippen LogP contribution in [0.25, 0.3) is 27.2 Å². The molecule has 0 atom stereocenters. The first kappa shape index (κ1) is 18.4. The molecule has 2 aromatic heterocycles. The summed E-state index contributed by atoms with van der Waals surface area (Å²) in [6.45, 7) is 3.09. The van der Waals surface area contributed by atoms with Crippen molar-refractivity contribution in [3.8, 4) is 5.75 Å². The maximum atomic E-state index is 12.5. The Balaban J connectivity index is 2.00. The van der Waals surface area contributed by atoms with Gasteiger partial charge in [0.1, 0.15) is 5.75 Å². The van der Waals surface area contributed by atoms with Gasteiger partial charge in [0.05, 0.1) is 27.5 Å². The molecule has 0 bridgehead atoms. The first-order valence-corrected chi connectivity index (χ1v) is 9.43. The summed E-state index contributed by atoms with van der Waals surface area (Å²) in [5.74, 6) is -0.0223. The molecule has 2 aromatic carbocycles. The molecule has 0 saturated carbocycles. The minimum absolute atomic E-state index is 0.0223. The van der Waals surface area contributed by atoms with E-state index in [2.05, 4.69) is 10.6 Å². The lowest BCUT2D eigenvalue weighted by Gasteiger charge is -2.13. The third kappa shape index (κ3) is 2.91. The van der Waals surface area contributed by atoms with Crippen LogP contribution in [-0.2, 0) is 6.42 Å². The zero-order valence-electron chi connectivity index (χ0n) is 15.5. The van der Waals surface area contributed by atoms with Gasteiger partial charge in [-0.1, -0.05) is 6.07 Å². The highest BCUT2D eigenvalue weighted by Crippen LogP contribution is 2.40. The van der Waals surface area contributed by atoms with Crippen molar-refractivity contribution >= 4 is 32.9 Å². The number of nitrogens with two attached hydrogens (primary N) is 2. The van der Waals surface area contributed by atoms with Gasteiger partial charge >= 0.3 is 0 Å². The Kier molecular flexibility index (Phi) is 4.99. The van der Waals surface area contributed by atoms with Crippen molar-refractivity contribution in [2.24, 2.45) is 11.5 Å². The molecule has 0 aliphatic carbocycles. The molecule has 28 heavy (non-hydrogen) atoms. The number of anilines is 1. The van der Waals surface area contributed by atoms with E-state index in [9.17, 15) is 9.90 Å². The predicted octanol–water partition coefficient (Wildman–Crippen LogP) is 0.606. The van der Waals surface area contributed by atoms with Gasteiger partial charge in [-0.2, -0.15) is 5.10 Å². The highest BCUT2D eigenvalue weighted by Gasteiger charge is 2.21. The minimum atomic E-state index is -0.232. The zero-order valence-corrected chi connectivity index (χ0v) is 15.5. The van der Waals surface area contributed by atoms with Crippen molar-refractivity contribution in [2.45, 2.75) is 6.42 Å². The van der Waals surface area contributed by atoms with Crippen molar-refractivity contribution in [2.75, 3.05) is 38.0 Å². The van der Waals surface area contributed by atoms with Crippen LogP contribution >= 0.6 is 0 Å². The van der Waals surface area contributed by atoms with Crippen molar-refractivity contribution in [1.82, 2.24) is 14.9 Å². The van der Waals surface area contributed by atoms with Crippen LogP contribution < -0.4 is 27.5 Å². The second-order valence-electron chi connectivity index (χ2n) is 6.75. The number of benzene rings is 2. The van der Waals surface area contributed by atoms with Crippen LogP contribution in [0, 0.1) is 0 Å². The number of aromatic nitrogens is 2. The van der Waals surface area contributed by atoms with Crippen LogP contribution in [0.3, 0.4) is 0 Å². The molecule has 8 heteroatoms. The summed E-state index contributed by atoms with van der Waals surface area (Å²) >= 11 is 0. The second-order valence-corrected chi connectivity index (χ2v) is 6.75. The smallest absolute Gasteiger partial charge is 0.191 e. The number of hydrogen-bond acceptors (Lipinski definition) is 7. The normalized spacial score (nSPS) is 11.8. The third-order valence-electron chi connectivity index (χ3n) is 4.95.